The Morgan fingerprint density at radius 1 is 1.09 bits per heavy atom. The quantitative estimate of drug-likeness (QED) is 0.439. The Balaban J connectivity index is 2.42. The van der Waals surface area contributed by atoms with Crippen LogP contribution in [0.15, 0.2) is 42.5 Å². The second kappa shape index (κ2) is 12.4. The van der Waals surface area contributed by atoms with Gasteiger partial charge in [0.2, 0.25) is 21.8 Å². The number of sulfonamides is 1. The van der Waals surface area contributed by atoms with Crippen LogP contribution in [0, 0.1) is 5.82 Å². The van der Waals surface area contributed by atoms with E-state index in [4.69, 9.17) is 23.2 Å². The van der Waals surface area contributed by atoms with Gasteiger partial charge in [0.1, 0.15) is 18.4 Å². The monoisotopic (exact) mass is 531 g/mol. The minimum Gasteiger partial charge on any atom is -0.354 e. The summed E-state index contributed by atoms with van der Waals surface area (Å²) in [5.74, 6) is -1.93. The number of carbonyl (C=O) groups excluding carboxylic acids is 2. The molecule has 2 rings (SSSR count). The summed E-state index contributed by atoms with van der Waals surface area (Å²) in [5, 5.41) is 3.35. The molecule has 0 bridgehead atoms. The highest BCUT2D eigenvalue weighted by Crippen LogP contribution is 2.27. The van der Waals surface area contributed by atoms with Crippen molar-refractivity contribution in [3.8, 4) is 0 Å². The minimum absolute atomic E-state index is 0.144. The molecule has 7 nitrogen and oxygen atoms in total. The van der Waals surface area contributed by atoms with Gasteiger partial charge < -0.3 is 10.2 Å². The summed E-state index contributed by atoms with van der Waals surface area (Å²) in [6.45, 7) is 3.08. The molecule has 0 saturated carbocycles. The Morgan fingerprint density at radius 3 is 2.26 bits per heavy atom. The maximum Gasteiger partial charge on any atom is 0.244 e. The Morgan fingerprint density at radius 2 is 1.71 bits per heavy atom. The van der Waals surface area contributed by atoms with E-state index in [1.807, 2.05) is 6.92 Å². The van der Waals surface area contributed by atoms with Gasteiger partial charge in [-0.2, -0.15) is 0 Å². The lowest BCUT2D eigenvalue weighted by molar-refractivity contribution is -0.139. The van der Waals surface area contributed by atoms with Gasteiger partial charge in [0.05, 0.1) is 11.9 Å². The molecule has 0 aliphatic carbocycles. The lowest BCUT2D eigenvalue weighted by Gasteiger charge is -2.32. The number of hydrogen-bond donors (Lipinski definition) is 1. The maximum atomic E-state index is 14.4. The third-order valence-electron chi connectivity index (χ3n) is 5.19. The van der Waals surface area contributed by atoms with Gasteiger partial charge in [-0.3, -0.25) is 13.9 Å². The number of nitrogens with one attached hydrogen (secondary N) is 1. The zero-order valence-corrected chi connectivity index (χ0v) is 21.6. The normalized spacial score (nSPS) is 12.2. The average molecular weight is 532 g/mol. The number of rotatable bonds is 11. The van der Waals surface area contributed by atoms with Gasteiger partial charge in [-0.05, 0) is 37.6 Å². The van der Waals surface area contributed by atoms with Crippen LogP contribution in [-0.2, 0) is 26.2 Å². The molecule has 0 aromatic heterocycles. The van der Waals surface area contributed by atoms with Gasteiger partial charge >= 0.3 is 0 Å². The summed E-state index contributed by atoms with van der Waals surface area (Å²) in [6, 6.07) is 9.10. The topological polar surface area (TPSA) is 86.8 Å². The summed E-state index contributed by atoms with van der Waals surface area (Å²) >= 11 is 12.6. The Hall–Kier alpha value is -2.36. The number of para-hydroxylation sites is 1. The zero-order valence-electron chi connectivity index (χ0n) is 19.2. The highest BCUT2D eigenvalue weighted by atomic mass is 35.5. The molecule has 0 radical (unpaired) electrons. The maximum absolute atomic E-state index is 14.4. The molecule has 0 spiro atoms. The van der Waals surface area contributed by atoms with Crippen LogP contribution in [0.25, 0.3) is 0 Å². The van der Waals surface area contributed by atoms with Crippen molar-refractivity contribution in [2.75, 3.05) is 23.7 Å². The second-order valence-corrected chi connectivity index (χ2v) is 10.5. The Kier molecular flexibility index (Phi) is 10.1. The molecular weight excluding hydrogens is 504 g/mol. The van der Waals surface area contributed by atoms with E-state index in [2.05, 4.69) is 5.32 Å². The van der Waals surface area contributed by atoms with Gasteiger partial charge in [0.25, 0.3) is 0 Å². The number of nitrogens with zero attached hydrogens (tertiary/aromatic N) is 2. The number of amides is 2. The van der Waals surface area contributed by atoms with Crippen molar-refractivity contribution in [2.45, 2.75) is 39.3 Å². The molecule has 0 fully saturated rings. The van der Waals surface area contributed by atoms with Crippen LogP contribution >= 0.6 is 23.2 Å². The molecule has 34 heavy (non-hydrogen) atoms. The number of hydrogen-bond acceptors (Lipinski definition) is 4. The van der Waals surface area contributed by atoms with E-state index in [-0.39, 0.29) is 22.3 Å². The van der Waals surface area contributed by atoms with Crippen molar-refractivity contribution in [3.63, 3.8) is 0 Å². The summed E-state index contributed by atoms with van der Waals surface area (Å²) in [6.07, 6.45) is 2.51. The average Bonchev–Trinajstić information content (AvgIpc) is 2.76. The van der Waals surface area contributed by atoms with Crippen LogP contribution in [0.3, 0.4) is 0 Å². The molecule has 0 heterocycles. The lowest BCUT2D eigenvalue weighted by Crippen LogP contribution is -2.51. The molecule has 0 saturated heterocycles. The fourth-order valence-electron chi connectivity index (χ4n) is 3.22. The molecule has 1 N–H and O–H groups in total. The largest absolute Gasteiger partial charge is 0.354 e. The summed E-state index contributed by atoms with van der Waals surface area (Å²) < 4.78 is 40.0. The Bertz CT molecular complexity index is 1110. The first kappa shape index (κ1) is 27.9. The van der Waals surface area contributed by atoms with Crippen LogP contribution in [-0.4, -0.2) is 50.5 Å². The summed E-state index contributed by atoms with van der Waals surface area (Å²) in [5.41, 5.74) is 0.137. The SMILES string of the molecule is CCCCNC(=O)[C@H](C)N(Cc1c(Cl)cccc1Cl)C(=O)CN(c1ccccc1F)S(C)(=O)=O. The van der Waals surface area contributed by atoms with Crippen molar-refractivity contribution >= 4 is 50.7 Å². The summed E-state index contributed by atoms with van der Waals surface area (Å²) in [7, 11) is -4.03. The van der Waals surface area contributed by atoms with E-state index in [0.717, 1.165) is 25.2 Å². The fourth-order valence-corrected chi connectivity index (χ4v) is 4.59. The minimum atomic E-state index is -4.03. The van der Waals surface area contributed by atoms with Crippen molar-refractivity contribution in [1.29, 1.82) is 0 Å². The van der Waals surface area contributed by atoms with Gasteiger partial charge in [0.15, 0.2) is 0 Å². The predicted molar refractivity (Wildman–Crippen MR) is 133 cm³/mol. The van der Waals surface area contributed by atoms with E-state index in [0.29, 0.717) is 16.4 Å². The van der Waals surface area contributed by atoms with E-state index in [1.165, 1.54) is 30.0 Å². The Labute approximate surface area is 209 Å². The van der Waals surface area contributed by atoms with E-state index < -0.39 is 40.2 Å². The molecule has 0 unspecified atom stereocenters. The molecule has 2 aromatic carbocycles. The van der Waals surface area contributed by atoms with Crippen molar-refractivity contribution < 1.29 is 22.4 Å². The first-order valence-electron chi connectivity index (χ1n) is 10.7. The van der Waals surface area contributed by atoms with Gasteiger partial charge in [-0.1, -0.05) is 54.7 Å². The number of unbranched alkanes of at least 4 members (excludes halogenated alkanes) is 1. The molecule has 0 aliphatic heterocycles. The van der Waals surface area contributed by atoms with Crippen LogP contribution in [0.2, 0.25) is 10.0 Å². The molecule has 2 amide bonds. The molecule has 1 atom stereocenters. The van der Waals surface area contributed by atoms with Crippen molar-refractivity contribution in [2.24, 2.45) is 0 Å². The number of anilines is 1. The number of halogens is 3. The van der Waals surface area contributed by atoms with E-state index in [9.17, 15) is 22.4 Å². The van der Waals surface area contributed by atoms with E-state index >= 15 is 0 Å². The first-order chi connectivity index (χ1) is 16.0. The van der Waals surface area contributed by atoms with Crippen LogP contribution in [0.5, 0.6) is 0 Å². The molecule has 186 valence electrons. The standard InChI is InChI=1S/C23H28Cl2FN3O4S/c1-4-5-13-27-23(31)16(2)28(14-17-18(24)9-8-10-19(17)25)22(30)15-29(34(3,32)33)21-12-7-6-11-20(21)26/h6-12,16H,4-5,13-15H2,1-3H3,(H,27,31)/t16-/m0/s1. The van der Waals surface area contributed by atoms with Gasteiger partial charge in [0, 0.05) is 28.7 Å². The van der Waals surface area contributed by atoms with E-state index in [1.54, 1.807) is 18.2 Å². The lowest BCUT2D eigenvalue weighted by atomic mass is 10.1. The molecule has 0 aliphatic rings. The predicted octanol–water partition coefficient (Wildman–Crippen LogP) is 4.23. The third kappa shape index (κ3) is 7.32. The highest BCUT2D eigenvalue weighted by molar-refractivity contribution is 7.92. The molecule has 11 heteroatoms. The van der Waals surface area contributed by atoms with Crippen LogP contribution < -0.4 is 9.62 Å². The van der Waals surface area contributed by atoms with Crippen LogP contribution in [0.1, 0.15) is 32.3 Å². The van der Waals surface area contributed by atoms with Crippen molar-refractivity contribution in [1.82, 2.24) is 10.2 Å². The number of benzene rings is 2. The smallest absolute Gasteiger partial charge is 0.244 e. The van der Waals surface area contributed by atoms with Gasteiger partial charge in [-0.25, -0.2) is 12.8 Å². The third-order valence-corrected chi connectivity index (χ3v) is 7.02. The molecular formula is C23H28Cl2FN3O4S. The van der Waals surface area contributed by atoms with Gasteiger partial charge in [-0.15, -0.1) is 0 Å². The number of carbonyl (C=O) groups is 2. The first-order valence-corrected chi connectivity index (χ1v) is 13.3. The molecule has 2 aromatic rings. The zero-order chi connectivity index (χ0) is 25.5. The highest BCUT2D eigenvalue weighted by Gasteiger charge is 2.31. The van der Waals surface area contributed by atoms with Crippen molar-refractivity contribution in [3.05, 3.63) is 63.9 Å². The second-order valence-electron chi connectivity index (χ2n) is 7.76. The summed E-state index contributed by atoms with van der Waals surface area (Å²) in [4.78, 5) is 27.4. The fraction of sp³-hybridized carbons (Fsp3) is 0.391. The van der Waals surface area contributed by atoms with Crippen LogP contribution in [0.4, 0.5) is 10.1 Å².